The number of hydrogen-bond donors (Lipinski definition) is 1. The summed E-state index contributed by atoms with van der Waals surface area (Å²) >= 11 is 6.02. The molecule has 0 radical (unpaired) electrons. The predicted molar refractivity (Wildman–Crippen MR) is 139 cm³/mol. The molecule has 1 aromatic heterocycles. The molecular formula is C27H33ClFN5O. The van der Waals surface area contributed by atoms with Crippen LogP contribution in [0.15, 0.2) is 36.7 Å². The number of anilines is 2. The normalized spacial score (nSPS) is 19.1. The number of aromatic nitrogens is 2. The molecule has 0 spiro atoms. The van der Waals surface area contributed by atoms with Crippen LogP contribution in [-0.4, -0.2) is 59.6 Å². The van der Waals surface area contributed by atoms with E-state index in [1.54, 1.807) is 18.5 Å². The van der Waals surface area contributed by atoms with Gasteiger partial charge in [-0.15, -0.1) is 0 Å². The van der Waals surface area contributed by atoms with Crippen molar-refractivity contribution in [2.24, 2.45) is 0 Å². The van der Waals surface area contributed by atoms with Crippen LogP contribution in [0.3, 0.4) is 0 Å². The first-order chi connectivity index (χ1) is 17.0. The van der Waals surface area contributed by atoms with Gasteiger partial charge in [-0.2, -0.15) is 0 Å². The third kappa shape index (κ3) is 4.82. The Hall–Kier alpha value is -2.48. The van der Waals surface area contributed by atoms with E-state index in [1.165, 1.54) is 30.9 Å². The molecule has 5 rings (SSSR count). The molecule has 0 unspecified atom stereocenters. The van der Waals surface area contributed by atoms with Crippen LogP contribution in [0.2, 0.25) is 5.02 Å². The lowest BCUT2D eigenvalue weighted by Gasteiger charge is -2.50. The second-order valence-corrected chi connectivity index (χ2v) is 10.1. The first-order valence-corrected chi connectivity index (χ1v) is 13.0. The van der Waals surface area contributed by atoms with E-state index in [1.807, 2.05) is 6.92 Å². The SMILES string of the molecule is CCOc1cc2ncnc(Nc3ccc(F)c(Cl)c3)c2cc1C1(N2CCN(C)CC2)CCCCC1. The van der Waals surface area contributed by atoms with Gasteiger partial charge in [-0.05, 0) is 51.1 Å². The van der Waals surface area contributed by atoms with Gasteiger partial charge in [-0.25, -0.2) is 14.4 Å². The lowest BCUT2D eigenvalue weighted by Crippen LogP contribution is -2.55. The fraction of sp³-hybridized carbons (Fsp3) is 0.481. The van der Waals surface area contributed by atoms with Gasteiger partial charge in [-0.3, -0.25) is 4.90 Å². The summed E-state index contributed by atoms with van der Waals surface area (Å²) in [5, 5.41) is 4.33. The average Bonchev–Trinajstić information content (AvgIpc) is 2.87. The van der Waals surface area contributed by atoms with Gasteiger partial charge in [0.05, 0.1) is 17.1 Å². The average molecular weight is 498 g/mol. The molecule has 8 heteroatoms. The quantitative estimate of drug-likeness (QED) is 0.452. The minimum atomic E-state index is -0.445. The molecule has 1 N–H and O–H groups in total. The fourth-order valence-corrected chi connectivity index (χ4v) is 5.84. The van der Waals surface area contributed by atoms with Crippen molar-refractivity contribution in [3.05, 3.63) is 53.1 Å². The van der Waals surface area contributed by atoms with Gasteiger partial charge in [0.25, 0.3) is 0 Å². The highest BCUT2D eigenvalue weighted by Gasteiger charge is 2.42. The van der Waals surface area contributed by atoms with Crippen molar-refractivity contribution in [2.45, 2.75) is 44.6 Å². The number of fused-ring (bicyclic) bond motifs is 1. The molecule has 1 saturated heterocycles. The zero-order chi connectivity index (χ0) is 24.4. The molecule has 2 aliphatic rings. The van der Waals surface area contributed by atoms with Crippen molar-refractivity contribution in [3.8, 4) is 5.75 Å². The zero-order valence-electron chi connectivity index (χ0n) is 20.5. The highest BCUT2D eigenvalue weighted by molar-refractivity contribution is 6.31. The summed E-state index contributed by atoms with van der Waals surface area (Å²) in [7, 11) is 2.20. The van der Waals surface area contributed by atoms with Gasteiger partial charge in [0.2, 0.25) is 0 Å². The number of ether oxygens (including phenoxy) is 1. The van der Waals surface area contributed by atoms with Crippen LogP contribution in [0, 0.1) is 5.82 Å². The Labute approximate surface area is 211 Å². The molecule has 1 aliphatic heterocycles. The van der Waals surface area contributed by atoms with E-state index < -0.39 is 5.82 Å². The molecule has 1 saturated carbocycles. The molecule has 1 aliphatic carbocycles. The molecule has 3 aromatic rings. The summed E-state index contributed by atoms with van der Waals surface area (Å²) in [5.41, 5.74) is 2.65. The van der Waals surface area contributed by atoms with Crippen molar-refractivity contribution in [1.82, 2.24) is 19.8 Å². The highest BCUT2D eigenvalue weighted by atomic mass is 35.5. The van der Waals surface area contributed by atoms with E-state index in [9.17, 15) is 4.39 Å². The number of rotatable bonds is 6. The summed E-state index contributed by atoms with van der Waals surface area (Å²) in [4.78, 5) is 14.2. The summed E-state index contributed by atoms with van der Waals surface area (Å²) in [6.07, 6.45) is 7.47. The summed E-state index contributed by atoms with van der Waals surface area (Å²) in [5.74, 6) is 1.14. The second-order valence-electron chi connectivity index (χ2n) is 9.66. The van der Waals surface area contributed by atoms with Gasteiger partial charge in [-0.1, -0.05) is 30.9 Å². The van der Waals surface area contributed by atoms with Crippen LogP contribution < -0.4 is 10.1 Å². The van der Waals surface area contributed by atoms with Crippen molar-refractivity contribution < 1.29 is 9.13 Å². The van der Waals surface area contributed by atoms with E-state index in [-0.39, 0.29) is 10.6 Å². The topological polar surface area (TPSA) is 53.5 Å². The van der Waals surface area contributed by atoms with E-state index in [0.29, 0.717) is 18.1 Å². The van der Waals surface area contributed by atoms with Crippen LogP contribution in [0.1, 0.15) is 44.6 Å². The Balaban J connectivity index is 1.63. The molecular weight excluding hydrogens is 465 g/mol. The lowest BCUT2D eigenvalue weighted by molar-refractivity contribution is 0.00856. The number of piperazine rings is 1. The molecule has 35 heavy (non-hydrogen) atoms. The van der Waals surface area contributed by atoms with Crippen LogP contribution in [-0.2, 0) is 5.54 Å². The monoisotopic (exact) mass is 497 g/mol. The number of nitrogens with one attached hydrogen (secondary N) is 1. The molecule has 6 nitrogen and oxygen atoms in total. The van der Waals surface area contributed by atoms with E-state index in [0.717, 1.165) is 55.7 Å². The van der Waals surface area contributed by atoms with Crippen LogP contribution in [0.4, 0.5) is 15.9 Å². The largest absolute Gasteiger partial charge is 0.493 e. The molecule has 0 bridgehead atoms. The van der Waals surface area contributed by atoms with Crippen molar-refractivity contribution in [3.63, 3.8) is 0 Å². The third-order valence-corrected chi connectivity index (χ3v) is 7.80. The maximum Gasteiger partial charge on any atom is 0.141 e. The Bertz CT molecular complexity index is 1190. The highest BCUT2D eigenvalue weighted by Crippen LogP contribution is 2.47. The van der Waals surface area contributed by atoms with E-state index in [2.05, 4.69) is 44.3 Å². The fourth-order valence-electron chi connectivity index (χ4n) is 5.66. The molecule has 0 atom stereocenters. The first-order valence-electron chi connectivity index (χ1n) is 12.6. The summed E-state index contributed by atoms with van der Waals surface area (Å²) < 4.78 is 19.9. The van der Waals surface area contributed by atoms with Crippen molar-refractivity contribution >= 4 is 34.0 Å². The number of nitrogens with zero attached hydrogens (tertiary/aromatic N) is 4. The minimum Gasteiger partial charge on any atom is -0.493 e. The second kappa shape index (κ2) is 10.2. The van der Waals surface area contributed by atoms with Gasteiger partial charge in [0, 0.05) is 54.4 Å². The maximum absolute atomic E-state index is 13.7. The van der Waals surface area contributed by atoms with Crippen LogP contribution in [0.5, 0.6) is 5.75 Å². The molecule has 0 amide bonds. The molecule has 186 valence electrons. The van der Waals surface area contributed by atoms with Gasteiger partial charge in [0.1, 0.15) is 23.7 Å². The summed E-state index contributed by atoms with van der Waals surface area (Å²) in [6.45, 7) is 6.86. The smallest absolute Gasteiger partial charge is 0.141 e. The minimum absolute atomic E-state index is 0.0650. The molecule has 2 fully saturated rings. The molecule has 2 aromatic carbocycles. The number of benzene rings is 2. The standard InChI is InChI=1S/C27H33ClFN5O/c1-3-35-25-17-24-20(26(31-18-30-24)32-19-7-8-23(29)22(28)15-19)16-21(25)27(9-5-4-6-10-27)34-13-11-33(2)12-14-34/h7-8,15-18H,3-6,9-14H2,1-2H3,(H,30,31,32). The Morgan fingerprint density at radius 1 is 1.06 bits per heavy atom. The van der Waals surface area contributed by atoms with Crippen molar-refractivity contribution in [1.29, 1.82) is 0 Å². The lowest BCUT2D eigenvalue weighted by atomic mass is 9.74. The van der Waals surface area contributed by atoms with Gasteiger partial charge < -0.3 is 15.0 Å². The molecule has 2 heterocycles. The Morgan fingerprint density at radius 3 is 2.54 bits per heavy atom. The number of likely N-dealkylation sites (N-methyl/N-ethyl adjacent to an activating group) is 1. The number of hydrogen-bond acceptors (Lipinski definition) is 6. The Morgan fingerprint density at radius 2 is 1.83 bits per heavy atom. The van der Waals surface area contributed by atoms with E-state index >= 15 is 0 Å². The predicted octanol–water partition coefficient (Wildman–Crippen LogP) is 5.97. The van der Waals surface area contributed by atoms with E-state index in [4.69, 9.17) is 16.3 Å². The van der Waals surface area contributed by atoms with Gasteiger partial charge >= 0.3 is 0 Å². The third-order valence-electron chi connectivity index (χ3n) is 7.51. The van der Waals surface area contributed by atoms with Crippen molar-refractivity contribution in [2.75, 3.05) is 45.2 Å². The van der Waals surface area contributed by atoms with Crippen LogP contribution in [0.25, 0.3) is 10.9 Å². The van der Waals surface area contributed by atoms with Gasteiger partial charge in [0.15, 0.2) is 0 Å². The first kappa shape index (κ1) is 24.2. The zero-order valence-corrected chi connectivity index (χ0v) is 21.2. The number of halogens is 2. The maximum atomic E-state index is 13.7. The Kier molecular flexibility index (Phi) is 7.09. The summed E-state index contributed by atoms with van der Waals surface area (Å²) in [6, 6.07) is 8.89. The van der Waals surface area contributed by atoms with Crippen LogP contribution >= 0.6 is 11.6 Å².